The van der Waals surface area contributed by atoms with Crippen molar-refractivity contribution in [2.24, 2.45) is 5.92 Å². The van der Waals surface area contributed by atoms with Crippen molar-refractivity contribution in [3.8, 4) is 0 Å². The molecule has 0 spiro atoms. The second kappa shape index (κ2) is 25.0. The first-order chi connectivity index (χ1) is 13.8. The van der Waals surface area contributed by atoms with Gasteiger partial charge in [0.15, 0.2) is 0 Å². The summed E-state index contributed by atoms with van der Waals surface area (Å²) in [4.78, 5) is 0. The van der Waals surface area contributed by atoms with Crippen molar-refractivity contribution in [2.75, 3.05) is 0 Å². The molecule has 0 heterocycles. The lowest BCUT2D eigenvalue weighted by Crippen LogP contribution is -1.93. The standard InChI is InChI=1S/C28H58/c1-4-6-7-8-9-10-11-12-13-14-15-16-17-18-19-20-21-22-23-24-25-27-28(3)26-5-2/h28H,4-27H2,1-3H3. The average molecular weight is 395 g/mol. The van der Waals surface area contributed by atoms with Gasteiger partial charge in [-0.2, -0.15) is 0 Å². The smallest absolute Gasteiger partial charge is 0.0443 e. The molecule has 0 aliphatic carbocycles. The van der Waals surface area contributed by atoms with Crippen LogP contribution in [0.2, 0.25) is 0 Å². The molecule has 28 heavy (non-hydrogen) atoms. The zero-order valence-electron chi connectivity index (χ0n) is 20.5. The van der Waals surface area contributed by atoms with E-state index in [1.165, 1.54) is 154 Å². The quantitative estimate of drug-likeness (QED) is 0.143. The van der Waals surface area contributed by atoms with Gasteiger partial charge in [0.05, 0.1) is 0 Å². The normalized spacial score (nSPS) is 12.5. The highest BCUT2D eigenvalue weighted by Crippen LogP contribution is 2.17. The van der Waals surface area contributed by atoms with E-state index in [9.17, 15) is 0 Å². The van der Waals surface area contributed by atoms with Crippen LogP contribution in [0, 0.1) is 5.92 Å². The molecule has 0 aliphatic rings. The van der Waals surface area contributed by atoms with Crippen LogP contribution in [0.3, 0.4) is 0 Å². The lowest BCUT2D eigenvalue weighted by molar-refractivity contribution is 0.449. The second-order valence-corrected chi connectivity index (χ2v) is 9.75. The van der Waals surface area contributed by atoms with E-state index >= 15 is 0 Å². The predicted molar refractivity (Wildman–Crippen MR) is 131 cm³/mol. The third-order valence-electron chi connectivity index (χ3n) is 6.58. The van der Waals surface area contributed by atoms with E-state index in [1.54, 1.807) is 0 Å². The molecule has 0 N–H and O–H groups in total. The third kappa shape index (κ3) is 24.0. The van der Waals surface area contributed by atoms with Gasteiger partial charge in [-0.1, -0.05) is 175 Å². The molecule has 0 rings (SSSR count). The lowest BCUT2D eigenvalue weighted by Gasteiger charge is -2.09. The second-order valence-electron chi connectivity index (χ2n) is 9.75. The van der Waals surface area contributed by atoms with Crippen molar-refractivity contribution < 1.29 is 0 Å². The lowest BCUT2D eigenvalue weighted by atomic mass is 9.98. The highest BCUT2D eigenvalue weighted by Gasteiger charge is 2.00. The van der Waals surface area contributed by atoms with Gasteiger partial charge in [0.1, 0.15) is 0 Å². The highest BCUT2D eigenvalue weighted by molar-refractivity contribution is 4.54. The van der Waals surface area contributed by atoms with E-state index < -0.39 is 0 Å². The molecule has 0 aliphatic heterocycles. The zero-order chi connectivity index (χ0) is 20.5. The van der Waals surface area contributed by atoms with Crippen LogP contribution in [0.5, 0.6) is 0 Å². The van der Waals surface area contributed by atoms with Crippen LogP contribution in [0.4, 0.5) is 0 Å². The molecule has 0 aromatic rings. The van der Waals surface area contributed by atoms with Crippen LogP contribution < -0.4 is 0 Å². The highest BCUT2D eigenvalue weighted by atomic mass is 14.1. The van der Waals surface area contributed by atoms with E-state index in [4.69, 9.17) is 0 Å². The van der Waals surface area contributed by atoms with Crippen LogP contribution in [0.1, 0.15) is 175 Å². The van der Waals surface area contributed by atoms with Crippen molar-refractivity contribution in [3.63, 3.8) is 0 Å². The van der Waals surface area contributed by atoms with E-state index in [1.807, 2.05) is 0 Å². The van der Waals surface area contributed by atoms with Gasteiger partial charge in [0.25, 0.3) is 0 Å². The van der Waals surface area contributed by atoms with Crippen molar-refractivity contribution in [3.05, 3.63) is 0 Å². The van der Waals surface area contributed by atoms with Gasteiger partial charge in [0, 0.05) is 0 Å². The summed E-state index contributed by atoms with van der Waals surface area (Å²) in [7, 11) is 0. The summed E-state index contributed by atoms with van der Waals surface area (Å²) in [6, 6.07) is 0. The fraction of sp³-hybridized carbons (Fsp3) is 1.00. The summed E-state index contributed by atoms with van der Waals surface area (Å²) in [5, 5.41) is 0. The topological polar surface area (TPSA) is 0 Å². The molecule has 0 nitrogen and oxygen atoms in total. The van der Waals surface area contributed by atoms with Crippen LogP contribution in [0.25, 0.3) is 0 Å². The molecule has 170 valence electrons. The van der Waals surface area contributed by atoms with E-state index in [2.05, 4.69) is 20.8 Å². The molecule has 0 heteroatoms. The van der Waals surface area contributed by atoms with Gasteiger partial charge in [-0.3, -0.25) is 0 Å². The molecule has 0 aromatic carbocycles. The first-order valence-electron chi connectivity index (χ1n) is 13.8. The summed E-state index contributed by atoms with van der Waals surface area (Å²) in [6.45, 7) is 7.05. The molecule has 0 amide bonds. The molecule has 1 atom stereocenters. The molecule has 0 radical (unpaired) electrons. The SMILES string of the molecule is CCCCCCCCCCCCCCCCCCCCCCCC(C)CCC. The summed E-state index contributed by atoms with van der Waals surface area (Å²) in [5.41, 5.74) is 0. The van der Waals surface area contributed by atoms with Gasteiger partial charge in [-0.05, 0) is 5.92 Å². The molecule has 0 saturated heterocycles. The minimum atomic E-state index is 0.963. The molecular formula is C28H58. The van der Waals surface area contributed by atoms with E-state index in [0.29, 0.717) is 0 Å². The maximum absolute atomic E-state index is 2.43. The Morgan fingerprint density at radius 1 is 0.321 bits per heavy atom. The van der Waals surface area contributed by atoms with Gasteiger partial charge >= 0.3 is 0 Å². The van der Waals surface area contributed by atoms with Crippen molar-refractivity contribution >= 4 is 0 Å². The largest absolute Gasteiger partial charge is 0.0654 e. The Morgan fingerprint density at radius 3 is 0.893 bits per heavy atom. The molecule has 0 bridgehead atoms. The maximum atomic E-state index is 2.43. The van der Waals surface area contributed by atoms with E-state index in [0.717, 1.165) is 5.92 Å². The molecule has 0 aromatic heterocycles. The maximum Gasteiger partial charge on any atom is -0.0443 e. The predicted octanol–water partition coefficient (Wildman–Crippen LogP) is 11.0. The number of rotatable bonds is 24. The Labute approximate surface area is 181 Å². The zero-order valence-corrected chi connectivity index (χ0v) is 20.5. The van der Waals surface area contributed by atoms with Crippen LogP contribution in [0.15, 0.2) is 0 Å². The number of hydrogen-bond acceptors (Lipinski definition) is 0. The Hall–Kier alpha value is 0. The average Bonchev–Trinajstić information content (AvgIpc) is 2.69. The van der Waals surface area contributed by atoms with Crippen LogP contribution >= 0.6 is 0 Å². The Bertz CT molecular complexity index is 257. The monoisotopic (exact) mass is 394 g/mol. The summed E-state index contributed by atoms with van der Waals surface area (Å²) < 4.78 is 0. The molecular weight excluding hydrogens is 336 g/mol. The first-order valence-corrected chi connectivity index (χ1v) is 13.8. The van der Waals surface area contributed by atoms with Crippen molar-refractivity contribution in [1.82, 2.24) is 0 Å². The van der Waals surface area contributed by atoms with E-state index in [-0.39, 0.29) is 0 Å². The summed E-state index contributed by atoms with van der Waals surface area (Å²) in [6.07, 6.45) is 35.3. The summed E-state index contributed by atoms with van der Waals surface area (Å²) >= 11 is 0. The molecule has 0 fully saturated rings. The Morgan fingerprint density at radius 2 is 0.607 bits per heavy atom. The fourth-order valence-electron chi connectivity index (χ4n) is 4.56. The fourth-order valence-corrected chi connectivity index (χ4v) is 4.56. The third-order valence-corrected chi connectivity index (χ3v) is 6.58. The number of unbranched alkanes of at least 4 members (excludes halogenated alkanes) is 20. The van der Waals surface area contributed by atoms with Gasteiger partial charge in [0.2, 0.25) is 0 Å². The van der Waals surface area contributed by atoms with Gasteiger partial charge in [-0.15, -0.1) is 0 Å². The molecule has 0 saturated carbocycles. The van der Waals surface area contributed by atoms with Gasteiger partial charge < -0.3 is 0 Å². The molecule has 1 unspecified atom stereocenters. The summed E-state index contributed by atoms with van der Waals surface area (Å²) in [5.74, 6) is 0.963. The van der Waals surface area contributed by atoms with Crippen LogP contribution in [-0.2, 0) is 0 Å². The first kappa shape index (κ1) is 28.0. The van der Waals surface area contributed by atoms with Crippen LogP contribution in [-0.4, -0.2) is 0 Å². The van der Waals surface area contributed by atoms with Crippen molar-refractivity contribution in [2.45, 2.75) is 175 Å². The minimum absolute atomic E-state index is 0.963. The van der Waals surface area contributed by atoms with Crippen molar-refractivity contribution in [1.29, 1.82) is 0 Å². The Balaban J connectivity index is 3.01. The minimum Gasteiger partial charge on any atom is -0.0654 e. The number of hydrogen-bond donors (Lipinski definition) is 0. The Kier molecular flexibility index (Phi) is 25.0. The van der Waals surface area contributed by atoms with Gasteiger partial charge in [-0.25, -0.2) is 0 Å².